The third kappa shape index (κ3) is 4.07. The molecule has 0 bridgehead atoms. The van der Waals surface area contributed by atoms with Crippen molar-refractivity contribution in [1.82, 2.24) is 0 Å². The zero-order valence-corrected chi connectivity index (χ0v) is 11.3. The molecule has 1 N–H and O–H groups in total. The van der Waals surface area contributed by atoms with E-state index in [9.17, 15) is 9.59 Å². The van der Waals surface area contributed by atoms with Gasteiger partial charge in [-0.05, 0) is 26.0 Å². The molecule has 0 spiro atoms. The summed E-state index contributed by atoms with van der Waals surface area (Å²) in [6.45, 7) is 4.06. The van der Waals surface area contributed by atoms with Crippen molar-refractivity contribution < 1.29 is 14.7 Å². The maximum Gasteiger partial charge on any atom is 0.316 e. The largest absolute Gasteiger partial charge is 0.480 e. The Bertz CT molecular complexity index is 408. The molecular formula is C13H17NO3S. The Morgan fingerprint density at radius 2 is 1.94 bits per heavy atom. The Kier molecular flexibility index (Phi) is 5.71. The van der Waals surface area contributed by atoms with Crippen molar-refractivity contribution in [1.29, 1.82) is 0 Å². The standard InChI is InChI=1S/C13H17NO3S/c1-3-14(11-7-5-4-6-8-11)12(15)9-18-10(2)13(16)17/h4-8,10H,3,9H2,1-2H3,(H,16,17). The van der Waals surface area contributed by atoms with Crippen molar-refractivity contribution in [3.63, 3.8) is 0 Å². The monoisotopic (exact) mass is 267 g/mol. The summed E-state index contributed by atoms with van der Waals surface area (Å²) >= 11 is 1.14. The van der Waals surface area contributed by atoms with Crippen molar-refractivity contribution in [2.75, 3.05) is 17.2 Å². The minimum absolute atomic E-state index is 0.0678. The average Bonchev–Trinajstić information content (AvgIpc) is 2.38. The summed E-state index contributed by atoms with van der Waals surface area (Å²) in [4.78, 5) is 24.3. The molecule has 1 aromatic rings. The van der Waals surface area contributed by atoms with E-state index in [4.69, 9.17) is 5.11 Å². The van der Waals surface area contributed by atoms with Crippen LogP contribution in [0.25, 0.3) is 0 Å². The number of carbonyl (C=O) groups is 2. The van der Waals surface area contributed by atoms with E-state index in [0.29, 0.717) is 6.54 Å². The van der Waals surface area contributed by atoms with Crippen LogP contribution in [0.15, 0.2) is 30.3 Å². The lowest BCUT2D eigenvalue weighted by Crippen LogP contribution is -2.33. The summed E-state index contributed by atoms with van der Waals surface area (Å²) in [5, 5.41) is 8.20. The van der Waals surface area contributed by atoms with Gasteiger partial charge in [0.05, 0.1) is 11.0 Å². The molecule has 5 heteroatoms. The molecular weight excluding hydrogens is 250 g/mol. The van der Waals surface area contributed by atoms with E-state index >= 15 is 0 Å². The number of amides is 1. The summed E-state index contributed by atoms with van der Waals surface area (Å²) in [6, 6.07) is 9.37. The molecule has 1 aromatic carbocycles. The first-order valence-electron chi connectivity index (χ1n) is 5.76. The summed E-state index contributed by atoms with van der Waals surface area (Å²) in [7, 11) is 0. The van der Waals surface area contributed by atoms with Crippen LogP contribution in [0, 0.1) is 0 Å². The van der Waals surface area contributed by atoms with Crippen LogP contribution in [-0.2, 0) is 9.59 Å². The molecule has 0 aliphatic carbocycles. The first kappa shape index (κ1) is 14.6. The molecule has 0 heterocycles. The Morgan fingerprint density at radius 3 is 2.44 bits per heavy atom. The molecule has 0 saturated carbocycles. The second-order valence-corrected chi connectivity index (χ2v) is 5.09. The molecule has 0 saturated heterocycles. The van der Waals surface area contributed by atoms with Gasteiger partial charge in [0, 0.05) is 12.2 Å². The lowest BCUT2D eigenvalue weighted by atomic mass is 10.3. The molecule has 0 aromatic heterocycles. The van der Waals surface area contributed by atoms with Crippen molar-refractivity contribution in [2.45, 2.75) is 19.1 Å². The highest BCUT2D eigenvalue weighted by Gasteiger charge is 2.17. The highest BCUT2D eigenvalue weighted by Crippen LogP contribution is 2.17. The number of hydrogen-bond acceptors (Lipinski definition) is 3. The lowest BCUT2D eigenvalue weighted by molar-refractivity contribution is -0.136. The second-order valence-electron chi connectivity index (χ2n) is 3.77. The molecule has 4 nitrogen and oxygen atoms in total. The molecule has 0 aliphatic heterocycles. The van der Waals surface area contributed by atoms with Gasteiger partial charge < -0.3 is 10.0 Å². The summed E-state index contributed by atoms with van der Waals surface area (Å²) in [5.74, 6) is -0.784. The Morgan fingerprint density at radius 1 is 1.33 bits per heavy atom. The SMILES string of the molecule is CCN(C(=O)CSC(C)C(=O)O)c1ccccc1. The molecule has 0 fully saturated rings. The van der Waals surface area contributed by atoms with Crippen LogP contribution >= 0.6 is 11.8 Å². The number of carbonyl (C=O) groups excluding carboxylic acids is 1. The number of carboxylic acids is 1. The van der Waals surface area contributed by atoms with E-state index in [1.165, 1.54) is 0 Å². The summed E-state index contributed by atoms with van der Waals surface area (Å²) < 4.78 is 0. The molecule has 1 unspecified atom stereocenters. The van der Waals surface area contributed by atoms with Crippen molar-refractivity contribution in [2.24, 2.45) is 0 Å². The van der Waals surface area contributed by atoms with Gasteiger partial charge in [-0.15, -0.1) is 11.8 Å². The third-order valence-corrected chi connectivity index (χ3v) is 3.60. The van der Waals surface area contributed by atoms with Gasteiger partial charge in [0.2, 0.25) is 5.91 Å². The van der Waals surface area contributed by atoms with Crippen LogP contribution in [0.3, 0.4) is 0 Å². The van der Waals surface area contributed by atoms with Gasteiger partial charge >= 0.3 is 5.97 Å². The number of nitrogens with zero attached hydrogens (tertiary/aromatic N) is 1. The van der Waals surface area contributed by atoms with Crippen LogP contribution in [0.2, 0.25) is 0 Å². The van der Waals surface area contributed by atoms with Gasteiger partial charge in [0.1, 0.15) is 0 Å². The van der Waals surface area contributed by atoms with E-state index in [0.717, 1.165) is 17.4 Å². The topological polar surface area (TPSA) is 57.6 Å². The number of carboxylic acid groups (broad SMARTS) is 1. The summed E-state index contributed by atoms with van der Waals surface area (Å²) in [5.41, 5.74) is 0.841. The lowest BCUT2D eigenvalue weighted by Gasteiger charge is -2.21. The van der Waals surface area contributed by atoms with Crippen LogP contribution in [0.4, 0.5) is 5.69 Å². The van der Waals surface area contributed by atoms with E-state index in [-0.39, 0.29) is 11.7 Å². The number of hydrogen-bond donors (Lipinski definition) is 1. The first-order valence-corrected chi connectivity index (χ1v) is 6.81. The van der Waals surface area contributed by atoms with Gasteiger partial charge in [-0.3, -0.25) is 9.59 Å². The van der Waals surface area contributed by atoms with Gasteiger partial charge in [-0.1, -0.05) is 18.2 Å². The molecule has 98 valence electrons. The highest BCUT2D eigenvalue weighted by atomic mass is 32.2. The average molecular weight is 267 g/mol. The number of thioether (sulfide) groups is 1. The fourth-order valence-electron chi connectivity index (χ4n) is 1.46. The number of aliphatic carboxylic acids is 1. The zero-order valence-electron chi connectivity index (χ0n) is 10.5. The van der Waals surface area contributed by atoms with Gasteiger partial charge in [-0.25, -0.2) is 0 Å². The molecule has 18 heavy (non-hydrogen) atoms. The minimum atomic E-state index is -0.893. The quantitative estimate of drug-likeness (QED) is 0.859. The number of benzene rings is 1. The molecule has 1 amide bonds. The van der Waals surface area contributed by atoms with E-state index < -0.39 is 11.2 Å². The smallest absolute Gasteiger partial charge is 0.316 e. The predicted molar refractivity (Wildman–Crippen MR) is 74.0 cm³/mol. The van der Waals surface area contributed by atoms with E-state index in [1.807, 2.05) is 37.3 Å². The number of para-hydroxylation sites is 1. The summed E-state index contributed by atoms with van der Waals surface area (Å²) in [6.07, 6.45) is 0. The predicted octanol–water partition coefficient (Wildman–Crippen LogP) is 2.25. The highest BCUT2D eigenvalue weighted by molar-refractivity contribution is 8.01. The normalized spacial score (nSPS) is 11.9. The molecule has 1 atom stereocenters. The Hall–Kier alpha value is -1.49. The van der Waals surface area contributed by atoms with Crippen LogP contribution in [0.5, 0.6) is 0 Å². The fourth-order valence-corrected chi connectivity index (χ4v) is 2.15. The maximum absolute atomic E-state index is 12.0. The van der Waals surface area contributed by atoms with E-state index in [2.05, 4.69) is 0 Å². The zero-order chi connectivity index (χ0) is 13.5. The molecule has 1 rings (SSSR count). The first-order chi connectivity index (χ1) is 8.56. The second kappa shape index (κ2) is 7.06. The van der Waals surface area contributed by atoms with Crippen molar-refractivity contribution >= 4 is 29.3 Å². The van der Waals surface area contributed by atoms with E-state index in [1.54, 1.807) is 11.8 Å². The van der Waals surface area contributed by atoms with Gasteiger partial charge in [0.15, 0.2) is 0 Å². The number of rotatable bonds is 6. The van der Waals surface area contributed by atoms with Crippen molar-refractivity contribution in [3.05, 3.63) is 30.3 Å². The van der Waals surface area contributed by atoms with Gasteiger partial charge in [0.25, 0.3) is 0 Å². The van der Waals surface area contributed by atoms with Crippen LogP contribution in [0.1, 0.15) is 13.8 Å². The van der Waals surface area contributed by atoms with Crippen molar-refractivity contribution in [3.8, 4) is 0 Å². The van der Waals surface area contributed by atoms with Gasteiger partial charge in [-0.2, -0.15) is 0 Å². The van der Waals surface area contributed by atoms with Crippen LogP contribution < -0.4 is 4.90 Å². The maximum atomic E-state index is 12.0. The third-order valence-electron chi connectivity index (χ3n) is 2.49. The number of anilines is 1. The van der Waals surface area contributed by atoms with Crippen LogP contribution in [-0.4, -0.2) is 34.5 Å². The Balaban J connectivity index is 2.61. The molecule has 0 radical (unpaired) electrons. The fraction of sp³-hybridized carbons (Fsp3) is 0.385. The Labute approximate surface area is 111 Å². The minimum Gasteiger partial charge on any atom is -0.480 e. The molecule has 0 aliphatic rings.